The summed E-state index contributed by atoms with van der Waals surface area (Å²) >= 11 is 0. The first-order valence-corrected chi connectivity index (χ1v) is 6.66. The van der Waals surface area contributed by atoms with Crippen LogP contribution in [0.2, 0.25) is 0 Å². The molecule has 1 heterocycles. The number of hydrogen-bond acceptors (Lipinski definition) is 3. The van der Waals surface area contributed by atoms with Crippen molar-refractivity contribution in [2.45, 2.75) is 19.9 Å². The minimum absolute atomic E-state index is 0.198. The summed E-state index contributed by atoms with van der Waals surface area (Å²) in [7, 11) is 4.12. The number of anilines is 1. The molecule has 0 spiro atoms. The van der Waals surface area contributed by atoms with Gasteiger partial charge in [-0.3, -0.25) is 4.68 Å². The molecule has 0 aliphatic rings. The predicted molar refractivity (Wildman–Crippen MR) is 81.1 cm³/mol. The van der Waals surface area contributed by atoms with Crippen molar-refractivity contribution in [3.8, 4) is 0 Å². The molecule has 2 N–H and O–H groups in total. The molecule has 4 nitrogen and oxygen atoms in total. The van der Waals surface area contributed by atoms with Crippen molar-refractivity contribution >= 4 is 5.69 Å². The van der Waals surface area contributed by atoms with Gasteiger partial charge in [-0.15, -0.1) is 0 Å². The molecular weight excluding hydrogens is 236 g/mol. The monoisotopic (exact) mass is 260 g/mol. The third-order valence-corrected chi connectivity index (χ3v) is 2.66. The Hall–Kier alpha value is -1.81. The van der Waals surface area contributed by atoms with E-state index in [1.54, 1.807) is 6.20 Å². The van der Waals surface area contributed by atoms with Crippen LogP contribution in [0.4, 0.5) is 5.69 Å². The summed E-state index contributed by atoms with van der Waals surface area (Å²) in [4.78, 5) is 2.15. The lowest BCUT2D eigenvalue weighted by atomic mass is 10.1. The molecule has 19 heavy (non-hydrogen) atoms. The third-order valence-electron chi connectivity index (χ3n) is 2.66. The van der Waals surface area contributed by atoms with E-state index in [1.165, 1.54) is 5.56 Å². The summed E-state index contributed by atoms with van der Waals surface area (Å²) in [6.07, 6.45) is 3.56. The molecule has 0 amide bonds. The summed E-state index contributed by atoms with van der Waals surface area (Å²) in [5, 5.41) is 4.31. The van der Waals surface area contributed by atoms with Gasteiger partial charge in [0.2, 0.25) is 0 Å². The normalized spacial score (nSPS) is 11.8. The quantitative estimate of drug-likeness (QED) is 0.919. The molecule has 1 unspecified atom stereocenters. The van der Waals surface area contributed by atoms with Crippen LogP contribution in [-0.4, -0.2) is 35.3 Å². The van der Waals surface area contributed by atoms with Crippen molar-refractivity contribution in [1.82, 2.24) is 14.7 Å². The van der Waals surface area contributed by atoms with Crippen LogP contribution in [0.15, 0.2) is 42.7 Å². The molecule has 2 rings (SSSR count). The van der Waals surface area contributed by atoms with E-state index in [1.807, 2.05) is 42.9 Å². The second-order valence-corrected chi connectivity index (χ2v) is 4.44. The van der Waals surface area contributed by atoms with Crippen molar-refractivity contribution in [1.29, 1.82) is 0 Å². The van der Waals surface area contributed by atoms with E-state index < -0.39 is 0 Å². The first kappa shape index (κ1) is 15.2. The zero-order chi connectivity index (χ0) is 14.3. The SMILES string of the molecule is CC.CN(C)CC(c1ccccc1)n1cc(N)cn1. The van der Waals surface area contributed by atoms with Gasteiger partial charge in [-0.2, -0.15) is 5.10 Å². The Kier molecular flexibility index (Phi) is 6.09. The van der Waals surface area contributed by atoms with Gasteiger partial charge in [0.25, 0.3) is 0 Å². The topological polar surface area (TPSA) is 47.1 Å². The van der Waals surface area contributed by atoms with Crippen LogP contribution in [0.1, 0.15) is 25.5 Å². The Morgan fingerprint density at radius 1 is 1.21 bits per heavy atom. The number of nitrogens with two attached hydrogens (primary N) is 1. The van der Waals surface area contributed by atoms with E-state index in [4.69, 9.17) is 5.73 Å². The number of nitrogen functional groups attached to an aromatic ring is 1. The van der Waals surface area contributed by atoms with Crippen LogP contribution in [-0.2, 0) is 0 Å². The molecule has 0 bridgehead atoms. The summed E-state index contributed by atoms with van der Waals surface area (Å²) in [5.74, 6) is 0. The van der Waals surface area contributed by atoms with Crippen molar-refractivity contribution in [3.63, 3.8) is 0 Å². The molecule has 0 fully saturated rings. The largest absolute Gasteiger partial charge is 0.396 e. The van der Waals surface area contributed by atoms with Crippen LogP contribution in [0.5, 0.6) is 0 Å². The van der Waals surface area contributed by atoms with Crippen LogP contribution in [0.25, 0.3) is 0 Å². The van der Waals surface area contributed by atoms with Crippen molar-refractivity contribution < 1.29 is 0 Å². The standard InChI is InChI=1S/C13H18N4.C2H6/c1-16(2)10-13(11-6-4-3-5-7-11)17-9-12(14)8-15-17;1-2/h3-9,13H,10,14H2,1-2H3;1-2H3. The van der Waals surface area contributed by atoms with E-state index in [0.29, 0.717) is 5.69 Å². The lowest BCUT2D eigenvalue weighted by Crippen LogP contribution is -2.25. The zero-order valence-electron chi connectivity index (χ0n) is 12.2. The van der Waals surface area contributed by atoms with E-state index in [9.17, 15) is 0 Å². The summed E-state index contributed by atoms with van der Waals surface area (Å²) in [6, 6.07) is 10.5. The Bertz CT molecular complexity index is 462. The number of aromatic nitrogens is 2. The second-order valence-electron chi connectivity index (χ2n) is 4.44. The maximum Gasteiger partial charge on any atom is 0.0895 e. The molecule has 0 radical (unpaired) electrons. The highest BCUT2D eigenvalue weighted by Crippen LogP contribution is 2.19. The minimum atomic E-state index is 0.198. The van der Waals surface area contributed by atoms with Crippen LogP contribution < -0.4 is 5.73 Å². The zero-order valence-corrected chi connectivity index (χ0v) is 12.2. The van der Waals surface area contributed by atoms with Gasteiger partial charge in [0.1, 0.15) is 0 Å². The van der Waals surface area contributed by atoms with Gasteiger partial charge in [0.15, 0.2) is 0 Å². The highest BCUT2D eigenvalue weighted by atomic mass is 15.3. The highest BCUT2D eigenvalue weighted by molar-refractivity contribution is 5.32. The Morgan fingerprint density at radius 3 is 2.32 bits per heavy atom. The summed E-state index contributed by atoms with van der Waals surface area (Å²) in [6.45, 7) is 4.89. The van der Waals surface area contributed by atoms with E-state index in [2.05, 4.69) is 36.2 Å². The third kappa shape index (κ3) is 4.41. The van der Waals surface area contributed by atoms with Gasteiger partial charge >= 0.3 is 0 Å². The second kappa shape index (κ2) is 7.59. The first-order valence-electron chi connectivity index (χ1n) is 6.66. The molecular formula is C15H24N4. The van der Waals surface area contributed by atoms with Gasteiger partial charge in [0, 0.05) is 12.7 Å². The number of benzene rings is 1. The maximum atomic E-state index is 5.73. The highest BCUT2D eigenvalue weighted by Gasteiger charge is 2.15. The Morgan fingerprint density at radius 2 is 1.84 bits per heavy atom. The van der Waals surface area contributed by atoms with E-state index in [-0.39, 0.29) is 6.04 Å². The fourth-order valence-corrected chi connectivity index (χ4v) is 1.89. The van der Waals surface area contributed by atoms with Crippen molar-refractivity contribution in [3.05, 3.63) is 48.3 Å². The van der Waals surface area contributed by atoms with Gasteiger partial charge in [-0.25, -0.2) is 0 Å². The Labute approximate surface area is 115 Å². The molecule has 4 heteroatoms. The van der Waals surface area contributed by atoms with Crippen LogP contribution in [0.3, 0.4) is 0 Å². The lowest BCUT2D eigenvalue weighted by Gasteiger charge is -2.21. The predicted octanol–water partition coefficient (Wildman–Crippen LogP) is 2.64. The number of likely N-dealkylation sites (N-methyl/N-ethyl adjacent to an activating group) is 1. The van der Waals surface area contributed by atoms with E-state index in [0.717, 1.165) is 6.54 Å². The maximum absolute atomic E-state index is 5.73. The average Bonchev–Trinajstić information content (AvgIpc) is 2.85. The van der Waals surface area contributed by atoms with Gasteiger partial charge in [0.05, 0.1) is 17.9 Å². The lowest BCUT2D eigenvalue weighted by molar-refractivity contribution is 0.337. The molecule has 1 atom stereocenters. The fraction of sp³-hybridized carbons (Fsp3) is 0.400. The van der Waals surface area contributed by atoms with Gasteiger partial charge < -0.3 is 10.6 Å². The molecule has 1 aromatic carbocycles. The molecule has 0 aliphatic heterocycles. The molecule has 104 valence electrons. The Balaban J connectivity index is 0.000000861. The molecule has 1 aromatic heterocycles. The number of rotatable bonds is 4. The molecule has 0 saturated carbocycles. The molecule has 2 aromatic rings. The van der Waals surface area contributed by atoms with Crippen LogP contribution >= 0.6 is 0 Å². The average molecular weight is 260 g/mol. The van der Waals surface area contributed by atoms with Crippen molar-refractivity contribution in [2.24, 2.45) is 0 Å². The van der Waals surface area contributed by atoms with Crippen molar-refractivity contribution in [2.75, 3.05) is 26.4 Å². The molecule has 0 aliphatic carbocycles. The molecule has 0 saturated heterocycles. The number of nitrogens with zero attached hydrogens (tertiary/aromatic N) is 3. The van der Waals surface area contributed by atoms with Crippen LogP contribution in [0, 0.1) is 0 Å². The van der Waals surface area contributed by atoms with E-state index >= 15 is 0 Å². The summed E-state index contributed by atoms with van der Waals surface area (Å²) in [5.41, 5.74) is 7.67. The summed E-state index contributed by atoms with van der Waals surface area (Å²) < 4.78 is 1.92. The van der Waals surface area contributed by atoms with Gasteiger partial charge in [-0.05, 0) is 19.7 Å². The van der Waals surface area contributed by atoms with Gasteiger partial charge in [-0.1, -0.05) is 44.2 Å². The first-order chi connectivity index (χ1) is 9.16. The minimum Gasteiger partial charge on any atom is -0.396 e. The number of hydrogen-bond donors (Lipinski definition) is 1. The fourth-order valence-electron chi connectivity index (χ4n) is 1.89. The smallest absolute Gasteiger partial charge is 0.0895 e.